The van der Waals surface area contributed by atoms with E-state index in [2.05, 4.69) is 0 Å². The van der Waals surface area contributed by atoms with Gasteiger partial charge in [-0.3, -0.25) is 9.00 Å². The van der Waals surface area contributed by atoms with Crippen LogP contribution in [0.5, 0.6) is 11.5 Å². The minimum Gasteiger partial charge on any atom is -0.486 e. The lowest BCUT2D eigenvalue weighted by Gasteiger charge is -2.30. The van der Waals surface area contributed by atoms with Gasteiger partial charge in [-0.2, -0.15) is 0 Å². The van der Waals surface area contributed by atoms with Crippen LogP contribution in [0.1, 0.15) is 19.3 Å². The molecule has 1 aromatic carbocycles. The van der Waals surface area contributed by atoms with Crippen molar-refractivity contribution in [2.45, 2.75) is 30.2 Å². The third kappa shape index (κ3) is 4.03. The van der Waals surface area contributed by atoms with E-state index >= 15 is 0 Å². The number of ether oxygens (including phenoxy) is 2. The Morgan fingerprint density at radius 1 is 1.22 bits per heavy atom. The van der Waals surface area contributed by atoms with Gasteiger partial charge in [0.05, 0.1) is 10.8 Å². The van der Waals surface area contributed by atoms with Crippen LogP contribution in [-0.2, 0) is 15.6 Å². The van der Waals surface area contributed by atoms with Gasteiger partial charge in [-0.15, -0.1) is 0 Å². The zero-order valence-electron chi connectivity index (χ0n) is 13.0. The van der Waals surface area contributed by atoms with Crippen molar-refractivity contribution in [1.29, 1.82) is 0 Å². The van der Waals surface area contributed by atoms with Crippen molar-refractivity contribution in [3.05, 3.63) is 18.2 Å². The number of hydrogen-bond acceptors (Lipinski definition) is 5. The number of likely N-dealkylation sites (tertiary alicyclic amines) is 1. The summed E-state index contributed by atoms with van der Waals surface area (Å²) in [5.74, 6) is 1.68. The summed E-state index contributed by atoms with van der Waals surface area (Å²) in [6, 6.07) is 5.49. The first kappa shape index (κ1) is 16.3. The first-order valence-electron chi connectivity index (χ1n) is 7.95. The summed E-state index contributed by atoms with van der Waals surface area (Å²) in [7, 11) is -1.22. The predicted octanol–water partition coefficient (Wildman–Crippen LogP) is 0.905. The Balaban J connectivity index is 1.54. The molecule has 6 nitrogen and oxygen atoms in total. The van der Waals surface area contributed by atoms with E-state index in [0.717, 1.165) is 12.8 Å². The van der Waals surface area contributed by atoms with E-state index in [1.165, 1.54) is 0 Å². The number of fused-ring (bicyclic) bond motifs is 1. The third-order valence-electron chi connectivity index (χ3n) is 4.17. The van der Waals surface area contributed by atoms with Crippen LogP contribution >= 0.6 is 0 Å². The van der Waals surface area contributed by atoms with Crippen LogP contribution in [0.15, 0.2) is 23.1 Å². The van der Waals surface area contributed by atoms with Gasteiger partial charge in [0.2, 0.25) is 5.91 Å². The SMILES string of the molecule is NC1CCN(C(=O)CCS(=O)c2ccc3c(c2)OCCO3)CC1. The summed E-state index contributed by atoms with van der Waals surface area (Å²) >= 11 is 0. The molecule has 1 aromatic rings. The van der Waals surface area contributed by atoms with Gasteiger partial charge in [-0.05, 0) is 25.0 Å². The van der Waals surface area contributed by atoms with Gasteiger partial charge in [-0.25, -0.2) is 0 Å². The largest absolute Gasteiger partial charge is 0.486 e. The molecule has 2 aliphatic heterocycles. The quantitative estimate of drug-likeness (QED) is 0.882. The molecule has 0 saturated carbocycles. The molecule has 1 unspecified atom stereocenters. The zero-order chi connectivity index (χ0) is 16.2. The highest BCUT2D eigenvalue weighted by Crippen LogP contribution is 2.31. The molecule has 0 spiro atoms. The number of carbonyl (C=O) groups excluding carboxylic acids is 1. The fourth-order valence-corrected chi connectivity index (χ4v) is 3.82. The van der Waals surface area contributed by atoms with Crippen molar-refractivity contribution in [2.24, 2.45) is 5.73 Å². The fourth-order valence-electron chi connectivity index (χ4n) is 2.77. The minimum absolute atomic E-state index is 0.0581. The Morgan fingerprint density at radius 3 is 2.65 bits per heavy atom. The molecular formula is C16H22N2O4S. The minimum atomic E-state index is -1.22. The molecule has 1 amide bonds. The second kappa shape index (κ2) is 7.31. The summed E-state index contributed by atoms with van der Waals surface area (Å²) in [6.45, 7) is 2.44. The van der Waals surface area contributed by atoms with Crippen LogP contribution in [0.25, 0.3) is 0 Å². The molecule has 126 valence electrons. The van der Waals surface area contributed by atoms with Crippen LogP contribution < -0.4 is 15.2 Å². The van der Waals surface area contributed by atoms with Gasteiger partial charge in [-0.1, -0.05) is 0 Å². The van der Waals surface area contributed by atoms with E-state index in [0.29, 0.717) is 48.5 Å². The average Bonchev–Trinajstić information content (AvgIpc) is 2.59. The second-order valence-electron chi connectivity index (χ2n) is 5.82. The molecule has 2 heterocycles. The van der Waals surface area contributed by atoms with Crippen molar-refractivity contribution in [3.63, 3.8) is 0 Å². The normalized spacial score (nSPS) is 19.4. The molecule has 23 heavy (non-hydrogen) atoms. The molecular weight excluding hydrogens is 316 g/mol. The number of carbonyl (C=O) groups is 1. The number of hydrogen-bond donors (Lipinski definition) is 1. The monoisotopic (exact) mass is 338 g/mol. The topological polar surface area (TPSA) is 81.9 Å². The Labute approximate surface area is 138 Å². The molecule has 1 fully saturated rings. The highest BCUT2D eigenvalue weighted by atomic mass is 32.2. The second-order valence-corrected chi connectivity index (χ2v) is 7.39. The maximum Gasteiger partial charge on any atom is 0.223 e. The fraction of sp³-hybridized carbons (Fsp3) is 0.562. The van der Waals surface area contributed by atoms with Gasteiger partial charge in [0, 0.05) is 42.3 Å². The molecule has 2 aliphatic rings. The van der Waals surface area contributed by atoms with Crippen LogP contribution in [0.3, 0.4) is 0 Å². The van der Waals surface area contributed by atoms with Gasteiger partial charge in [0.15, 0.2) is 11.5 Å². The van der Waals surface area contributed by atoms with Gasteiger partial charge >= 0.3 is 0 Å². The summed E-state index contributed by atoms with van der Waals surface area (Å²) < 4.78 is 23.3. The lowest BCUT2D eigenvalue weighted by Crippen LogP contribution is -2.43. The maximum atomic E-state index is 12.4. The summed E-state index contributed by atoms with van der Waals surface area (Å²) in [5.41, 5.74) is 5.84. The van der Waals surface area contributed by atoms with Crippen LogP contribution in [0.2, 0.25) is 0 Å². The van der Waals surface area contributed by atoms with Crippen molar-refractivity contribution >= 4 is 16.7 Å². The van der Waals surface area contributed by atoms with E-state index in [4.69, 9.17) is 15.2 Å². The van der Waals surface area contributed by atoms with E-state index in [1.807, 2.05) is 4.90 Å². The average molecular weight is 338 g/mol. The molecule has 1 saturated heterocycles. The molecule has 0 aromatic heterocycles. The number of benzene rings is 1. The third-order valence-corrected chi connectivity index (χ3v) is 5.52. The van der Waals surface area contributed by atoms with Crippen LogP contribution in [-0.4, -0.2) is 53.1 Å². The molecule has 7 heteroatoms. The summed E-state index contributed by atoms with van der Waals surface area (Å²) in [5, 5.41) is 0. The Kier molecular flexibility index (Phi) is 5.17. The van der Waals surface area contributed by atoms with E-state index in [9.17, 15) is 9.00 Å². The maximum absolute atomic E-state index is 12.4. The van der Waals surface area contributed by atoms with Crippen LogP contribution in [0, 0.1) is 0 Å². The molecule has 1 atom stereocenters. The first-order valence-corrected chi connectivity index (χ1v) is 9.27. The number of piperidine rings is 1. The predicted molar refractivity (Wildman–Crippen MR) is 87.1 cm³/mol. The van der Waals surface area contributed by atoms with Gasteiger partial charge in [0.1, 0.15) is 13.2 Å². The molecule has 2 N–H and O–H groups in total. The molecule has 3 rings (SSSR count). The lowest BCUT2D eigenvalue weighted by atomic mass is 10.1. The summed E-state index contributed by atoms with van der Waals surface area (Å²) in [6.07, 6.45) is 1.98. The highest BCUT2D eigenvalue weighted by Gasteiger charge is 2.21. The Bertz CT molecular complexity index is 600. The van der Waals surface area contributed by atoms with E-state index < -0.39 is 10.8 Å². The first-order chi connectivity index (χ1) is 11.1. The number of nitrogens with two attached hydrogens (primary N) is 1. The molecule has 0 aliphatic carbocycles. The van der Waals surface area contributed by atoms with Crippen molar-refractivity contribution in [1.82, 2.24) is 4.90 Å². The number of rotatable bonds is 4. The van der Waals surface area contributed by atoms with E-state index in [-0.39, 0.29) is 18.4 Å². The van der Waals surface area contributed by atoms with E-state index in [1.54, 1.807) is 18.2 Å². The van der Waals surface area contributed by atoms with Crippen molar-refractivity contribution in [3.8, 4) is 11.5 Å². The van der Waals surface area contributed by atoms with Crippen molar-refractivity contribution in [2.75, 3.05) is 32.1 Å². The Hall–Kier alpha value is -1.60. The summed E-state index contributed by atoms with van der Waals surface area (Å²) in [4.78, 5) is 14.7. The standard InChI is InChI=1S/C16H22N2O4S/c17-12-3-6-18(7-4-12)16(19)5-10-23(20)13-1-2-14-15(11-13)22-9-8-21-14/h1-2,11-12H,3-10,17H2. The molecule has 0 bridgehead atoms. The van der Waals surface area contributed by atoms with Gasteiger partial charge < -0.3 is 20.1 Å². The highest BCUT2D eigenvalue weighted by molar-refractivity contribution is 7.85. The Morgan fingerprint density at radius 2 is 1.91 bits per heavy atom. The number of nitrogens with zero attached hydrogens (tertiary/aromatic N) is 1. The molecule has 0 radical (unpaired) electrons. The van der Waals surface area contributed by atoms with Crippen molar-refractivity contribution < 1.29 is 18.5 Å². The number of amides is 1. The van der Waals surface area contributed by atoms with Gasteiger partial charge in [0.25, 0.3) is 0 Å². The smallest absolute Gasteiger partial charge is 0.223 e. The zero-order valence-corrected chi connectivity index (χ0v) is 13.8. The lowest BCUT2D eigenvalue weighted by molar-refractivity contribution is -0.131. The van der Waals surface area contributed by atoms with Crippen LogP contribution in [0.4, 0.5) is 0 Å².